The van der Waals surface area contributed by atoms with E-state index < -0.39 is 0 Å². The monoisotopic (exact) mass is 439 g/mol. The summed E-state index contributed by atoms with van der Waals surface area (Å²) in [5.74, 6) is 0.409. The van der Waals surface area contributed by atoms with Crippen LogP contribution in [0.1, 0.15) is 11.1 Å². The topological polar surface area (TPSA) is 76.7 Å². The van der Waals surface area contributed by atoms with Crippen LogP contribution < -0.4 is 32.2 Å². The van der Waals surface area contributed by atoms with E-state index in [0.717, 1.165) is 12.2 Å². The number of halogens is 1. The maximum Gasteiger partial charge on any atom is 0.173 e. The molecule has 3 heterocycles. The summed E-state index contributed by atoms with van der Waals surface area (Å²) in [5.41, 5.74) is 10.9. The number of hydrogen-bond acceptors (Lipinski definition) is 5. The van der Waals surface area contributed by atoms with Gasteiger partial charge in [-0.2, -0.15) is 0 Å². The highest BCUT2D eigenvalue weighted by molar-refractivity contribution is 5.81. The summed E-state index contributed by atoms with van der Waals surface area (Å²) in [5, 5.41) is 0. The molecule has 0 radical (unpaired) electrons. The Morgan fingerprint density at radius 3 is 2.32 bits per heavy atom. The van der Waals surface area contributed by atoms with Crippen LogP contribution in [0.3, 0.4) is 0 Å². The Morgan fingerprint density at radius 2 is 1.64 bits per heavy atom. The number of nitrogen functional groups attached to an aromatic ring is 1. The van der Waals surface area contributed by atoms with Crippen LogP contribution in [-0.2, 0) is 13.1 Å². The third kappa shape index (κ3) is 4.12. The van der Waals surface area contributed by atoms with Gasteiger partial charge in [0, 0.05) is 37.5 Å². The number of benzene rings is 1. The van der Waals surface area contributed by atoms with E-state index in [1.165, 1.54) is 23.1 Å². The normalized spacial score (nSPS) is 10.6. The van der Waals surface area contributed by atoms with Gasteiger partial charge in [-0.25, -0.2) is 19.5 Å². The minimum Gasteiger partial charge on any atom is -1.00 e. The van der Waals surface area contributed by atoms with Gasteiger partial charge < -0.3 is 32.2 Å². The number of pyridine rings is 1. The first-order valence-electron chi connectivity index (χ1n) is 8.76. The number of nitrogens with two attached hydrogens (primary N) is 1. The van der Waals surface area contributed by atoms with E-state index in [2.05, 4.69) is 73.2 Å². The van der Waals surface area contributed by atoms with Gasteiger partial charge in [0.1, 0.15) is 11.8 Å². The van der Waals surface area contributed by atoms with Crippen molar-refractivity contribution in [2.45, 2.75) is 13.1 Å². The van der Waals surface area contributed by atoms with E-state index in [1.54, 1.807) is 6.33 Å². The number of anilines is 2. The van der Waals surface area contributed by atoms with E-state index in [-0.39, 0.29) is 17.0 Å². The first kappa shape index (κ1) is 19.8. The molecule has 1 aromatic carbocycles. The van der Waals surface area contributed by atoms with Crippen LogP contribution in [0.15, 0.2) is 61.4 Å². The van der Waals surface area contributed by atoms with Crippen LogP contribution >= 0.6 is 0 Å². The van der Waals surface area contributed by atoms with Gasteiger partial charge in [0.05, 0.1) is 12.9 Å². The van der Waals surface area contributed by atoms with Crippen molar-refractivity contribution in [3.8, 4) is 0 Å². The van der Waals surface area contributed by atoms with Crippen molar-refractivity contribution in [3.63, 3.8) is 0 Å². The van der Waals surface area contributed by atoms with Gasteiger partial charge in [0.25, 0.3) is 0 Å². The van der Waals surface area contributed by atoms with Crippen LogP contribution in [0.5, 0.6) is 0 Å². The molecular formula is C20H22BrN7. The van der Waals surface area contributed by atoms with Crippen LogP contribution in [0, 0.1) is 0 Å². The molecule has 0 aliphatic rings. The molecule has 0 fully saturated rings. The molecule has 0 atom stereocenters. The maximum atomic E-state index is 5.85. The zero-order valence-corrected chi connectivity index (χ0v) is 17.4. The van der Waals surface area contributed by atoms with E-state index in [9.17, 15) is 0 Å². The van der Waals surface area contributed by atoms with Gasteiger partial charge in [-0.1, -0.05) is 24.3 Å². The van der Waals surface area contributed by atoms with E-state index in [0.29, 0.717) is 17.9 Å². The molecule has 144 valence electrons. The third-order valence-electron chi connectivity index (χ3n) is 4.56. The lowest BCUT2D eigenvalue weighted by molar-refractivity contribution is -0.688. The molecule has 4 rings (SSSR count). The van der Waals surface area contributed by atoms with Crippen LogP contribution in [0.25, 0.3) is 11.2 Å². The highest BCUT2D eigenvalue weighted by Crippen LogP contribution is 2.16. The Kier molecular flexibility index (Phi) is 5.89. The standard InChI is InChI=1S/C20H22N7.BrH/c1-25(2)17-7-9-26(10-8-17)11-15-3-5-16(6-4-15)12-27-14-24-18-19(21)22-13-23-20(18)27;/h3-10,13-14H,11-12H2,1-2H3,(H2,21,22,23);1H/q+1;/p-1. The summed E-state index contributed by atoms with van der Waals surface area (Å²) in [6, 6.07) is 12.8. The number of imidazole rings is 1. The molecule has 3 aromatic heterocycles. The number of nitrogens with zero attached hydrogens (tertiary/aromatic N) is 6. The van der Waals surface area contributed by atoms with Gasteiger partial charge in [0.15, 0.2) is 30.4 Å². The van der Waals surface area contributed by atoms with Crippen LogP contribution in [-0.4, -0.2) is 33.6 Å². The average molecular weight is 440 g/mol. The summed E-state index contributed by atoms with van der Waals surface area (Å²) in [6.07, 6.45) is 7.43. The van der Waals surface area contributed by atoms with Crippen LogP contribution in [0.4, 0.5) is 11.5 Å². The van der Waals surface area contributed by atoms with Crippen molar-refractivity contribution in [1.29, 1.82) is 0 Å². The Labute approximate surface area is 174 Å². The van der Waals surface area contributed by atoms with E-state index in [1.807, 2.05) is 18.7 Å². The van der Waals surface area contributed by atoms with E-state index in [4.69, 9.17) is 5.73 Å². The Morgan fingerprint density at radius 1 is 0.964 bits per heavy atom. The number of rotatable bonds is 5. The minimum absolute atomic E-state index is 0. The van der Waals surface area contributed by atoms with Crippen molar-refractivity contribution in [2.75, 3.05) is 24.7 Å². The fourth-order valence-electron chi connectivity index (χ4n) is 3.03. The lowest BCUT2D eigenvalue weighted by atomic mass is 10.1. The van der Waals surface area contributed by atoms with Crippen molar-refractivity contribution < 1.29 is 21.5 Å². The maximum absolute atomic E-state index is 5.85. The molecule has 7 nitrogen and oxygen atoms in total. The molecule has 0 bridgehead atoms. The average Bonchev–Trinajstić information content (AvgIpc) is 3.08. The third-order valence-corrected chi connectivity index (χ3v) is 4.56. The molecule has 0 unspecified atom stereocenters. The number of aromatic nitrogens is 5. The zero-order chi connectivity index (χ0) is 18.8. The zero-order valence-electron chi connectivity index (χ0n) is 15.8. The van der Waals surface area contributed by atoms with E-state index >= 15 is 0 Å². The summed E-state index contributed by atoms with van der Waals surface area (Å²) >= 11 is 0. The molecule has 8 heteroatoms. The summed E-state index contributed by atoms with van der Waals surface area (Å²) < 4.78 is 4.15. The molecule has 0 spiro atoms. The Bertz CT molecular complexity index is 1060. The molecule has 0 aliphatic heterocycles. The highest BCUT2D eigenvalue weighted by atomic mass is 79.9. The Balaban J connectivity index is 0.00000225. The second-order valence-corrected chi connectivity index (χ2v) is 6.74. The fourth-order valence-corrected chi connectivity index (χ4v) is 3.03. The first-order valence-corrected chi connectivity index (χ1v) is 8.76. The van der Waals surface area contributed by atoms with Crippen molar-refractivity contribution >= 4 is 22.7 Å². The van der Waals surface area contributed by atoms with Crippen molar-refractivity contribution in [1.82, 2.24) is 19.5 Å². The second kappa shape index (κ2) is 8.35. The molecule has 2 N–H and O–H groups in total. The molecule has 4 aromatic rings. The molecule has 0 aliphatic carbocycles. The molecular weight excluding hydrogens is 418 g/mol. The molecule has 0 saturated heterocycles. The first-order chi connectivity index (χ1) is 13.1. The smallest absolute Gasteiger partial charge is 0.173 e. The lowest BCUT2D eigenvalue weighted by Gasteiger charge is -2.10. The fraction of sp³-hybridized carbons (Fsp3) is 0.200. The predicted octanol–water partition coefficient (Wildman–Crippen LogP) is -1.14. The second-order valence-electron chi connectivity index (χ2n) is 6.74. The number of hydrogen-bond donors (Lipinski definition) is 1. The minimum atomic E-state index is 0. The predicted molar refractivity (Wildman–Crippen MR) is 105 cm³/mol. The quantitative estimate of drug-likeness (QED) is 0.398. The molecule has 28 heavy (non-hydrogen) atoms. The number of fused-ring (bicyclic) bond motifs is 1. The summed E-state index contributed by atoms with van der Waals surface area (Å²) in [6.45, 7) is 1.53. The molecule has 0 amide bonds. The van der Waals surface area contributed by atoms with Gasteiger partial charge in [-0.15, -0.1) is 0 Å². The van der Waals surface area contributed by atoms with Gasteiger partial charge in [-0.3, -0.25) is 0 Å². The highest BCUT2D eigenvalue weighted by Gasteiger charge is 2.09. The summed E-state index contributed by atoms with van der Waals surface area (Å²) in [7, 11) is 4.09. The van der Waals surface area contributed by atoms with Gasteiger partial charge >= 0.3 is 0 Å². The molecule has 0 saturated carbocycles. The Hall–Kier alpha value is -3.00. The van der Waals surface area contributed by atoms with Gasteiger partial charge in [-0.05, 0) is 5.56 Å². The SMILES string of the molecule is CN(C)c1cc[n+](Cc2ccc(Cn3cnc4c(N)ncnc43)cc2)cc1.[Br-]. The lowest BCUT2D eigenvalue weighted by Crippen LogP contribution is -3.00. The van der Waals surface area contributed by atoms with Crippen LogP contribution in [0.2, 0.25) is 0 Å². The summed E-state index contributed by atoms with van der Waals surface area (Å²) in [4.78, 5) is 14.7. The van der Waals surface area contributed by atoms with Gasteiger partial charge in [0.2, 0.25) is 0 Å². The van der Waals surface area contributed by atoms with Crippen molar-refractivity contribution in [3.05, 3.63) is 72.6 Å². The van der Waals surface area contributed by atoms with Crippen molar-refractivity contribution in [2.24, 2.45) is 0 Å². The largest absolute Gasteiger partial charge is 1.00 e.